The number of piperidine rings is 1. The zero-order valence-corrected chi connectivity index (χ0v) is 20.6. The maximum Gasteiger partial charge on any atom is 0.408 e. The van der Waals surface area contributed by atoms with Gasteiger partial charge in [-0.15, -0.1) is 11.3 Å². The Morgan fingerprint density at radius 1 is 1.28 bits per heavy atom. The van der Waals surface area contributed by atoms with Crippen LogP contribution in [0.4, 0.5) is 27.8 Å². The predicted octanol–water partition coefficient (Wildman–Crippen LogP) is 6.39. The number of anilines is 1. The highest BCUT2D eigenvalue weighted by Gasteiger charge is 2.39. The lowest BCUT2D eigenvalue weighted by molar-refractivity contribution is -0.142. The number of hydrogen-bond donors (Lipinski definition) is 2. The van der Waals surface area contributed by atoms with Crippen LogP contribution in [0.2, 0.25) is 0 Å². The predicted molar refractivity (Wildman–Crippen MR) is 125 cm³/mol. The van der Waals surface area contributed by atoms with Crippen LogP contribution < -0.4 is 5.32 Å². The summed E-state index contributed by atoms with van der Waals surface area (Å²) >= 11 is 0.556. The van der Waals surface area contributed by atoms with E-state index in [4.69, 9.17) is 0 Å². The number of halogens is 5. The summed E-state index contributed by atoms with van der Waals surface area (Å²) in [6, 6.07) is -1.27. The van der Waals surface area contributed by atoms with Crippen molar-refractivity contribution < 1.29 is 36.6 Å². The van der Waals surface area contributed by atoms with Gasteiger partial charge >= 0.3 is 12.1 Å². The molecule has 0 bridgehead atoms. The Hall–Kier alpha value is -2.83. The number of hydrogen-bond acceptors (Lipinski definition) is 6. The van der Waals surface area contributed by atoms with Gasteiger partial charge in [0.05, 0.1) is 4.88 Å². The molecule has 1 fully saturated rings. The van der Waals surface area contributed by atoms with Crippen LogP contribution in [0.5, 0.6) is 0 Å². The van der Waals surface area contributed by atoms with Crippen molar-refractivity contribution in [3.63, 3.8) is 0 Å². The number of nitrogens with zero attached hydrogens (tertiary/aromatic N) is 3. The minimum atomic E-state index is -4.61. The molecule has 2 atom stereocenters. The highest BCUT2D eigenvalue weighted by molar-refractivity contribution is 7.17. The number of carbonyl (C=O) groups is 2. The van der Waals surface area contributed by atoms with Crippen molar-refractivity contribution >= 4 is 29.0 Å². The second-order valence-corrected chi connectivity index (χ2v) is 9.54. The number of pyridine rings is 1. The molecule has 0 radical (unpaired) electrons. The number of carboxylic acid groups (broad SMARTS) is 1. The van der Waals surface area contributed by atoms with Crippen molar-refractivity contribution in [3.8, 4) is 10.4 Å². The number of amides is 1. The smallest absolute Gasteiger partial charge is 0.408 e. The van der Waals surface area contributed by atoms with Crippen LogP contribution in [0.3, 0.4) is 0 Å². The van der Waals surface area contributed by atoms with Crippen LogP contribution in [0, 0.1) is 0 Å². The minimum Gasteiger partial charge on any atom is -0.476 e. The van der Waals surface area contributed by atoms with Crippen LogP contribution in [0.25, 0.3) is 10.4 Å². The molecule has 2 aromatic rings. The van der Waals surface area contributed by atoms with E-state index in [2.05, 4.69) is 15.3 Å². The Kier molecular flexibility index (Phi) is 8.85. The number of alkyl halides is 5. The third-order valence-corrected chi connectivity index (χ3v) is 7.14. The molecule has 1 aliphatic heterocycles. The molecular formula is C23H27F5N4O3S. The Bertz CT molecular complexity index is 1090. The Morgan fingerprint density at radius 2 is 2.00 bits per heavy atom. The number of nitrogens with one attached hydrogen (secondary N) is 1. The molecule has 1 amide bonds. The topological polar surface area (TPSA) is 95.4 Å². The molecular weight excluding hydrogens is 507 g/mol. The summed E-state index contributed by atoms with van der Waals surface area (Å²) in [5, 5.41) is 11.1. The second-order valence-electron chi connectivity index (χ2n) is 8.54. The average Bonchev–Trinajstić information content (AvgIpc) is 3.27. The van der Waals surface area contributed by atoms with E-state index < -0.39 is 46.9 Å². The molecule has 0 saturated carbocycles. The molecule has 1 saturated heterocycles. The monoisotopic (exact) mass is 534 g/mol. The third-order valence-electron chi connectivity index (χ3n) is 6.06. The Labute approximate surface area is 208 Å². The van der Waals surface area contributed by atoms with Crippen LogP contribution >= 0.6 is 11.3 Å². The third kappa shape index (κ3) is 6.11. The number of likely N-dealkylation sites (tertiary alicyclic amines) is 1. The van der Waals surface area contributed by atoms with Crippen molar-refractivity contribution in [2.24, 2.45) is 0 Å². The first-order chi connectivity index (χ1) is 17.0. The van der Waals surface area contributed by atoms with Crippen LogP contribution in [0.1, 0.15) is 84.7 Å². The van der Waals surface area contributed by atoms with E-state index >= 15 is 0 Å². The van der Waals surface area contributed by atoms with Crippen molar-refractivity contribution in [2.75, 3.05) is 11.9 Å². The van der Waals surface area contributed by atoms with Crippen molar-refractivity contribution in [2.45, 2.75) is 77.1 Å². The molecule has 198 valence electrons. The summed E-state index contributed by atoms with van der Waals surface area (Å²) in [7, 11) is 0. The van der Waals surface area contributed by atoms with E-state index in [1.54, 1.807) is 4.90 Å². The number of rotatable bonds is 9. The molecule has 0 aromatic carbocycles. The molecule has 3 heterocycles. The number of aromatic nitrogens is 2. The number of thiazole rings is 1. The summed E-state index contributed by atoms with van der Waals surface area (Å²) in [5.74, 6) is -2.39. The number of aromatic carboxylic acids is 1. The molecule has 13 heteroatoms. The molecule has 1 aliphatic rings. The van der Waals surface area contributed by atoms with Crippen LogP contribution in [0.15, 0.2) is 12.3 Å². The molecule has 2 aromatic heterocycles. The van der Waals surface area contributed by atoms with Gasteiger partial charge in [0.25, 0.3) is 12.3 Å². The molecule has 7 nitrogen and oxygen atoms in total. The number of carboxylic acids is 1. The van der Waals surface area contributed by atoms with Crippen LogP contribution in [-0.2, 0) is 0 Å². The quantitative estimate of drug-likeness (QED) is 0.362. The lowest BCUT2D eigenvalue weighted by Gasteiger charge is -2.35. The molecule has 36 heavy (non-hydrogen) atoms. The highest BCUT2D eigenvalue weighted by Crippen LogP contribution is 2.39. The lowest BCUT2D eigenvalue weighted by atomic mass is 9.97. The van der Waals surface area contributed by atoms with Gasteiger partial charge in [-0.1, -0.05) is 20.3 Å². The van der Waals surface area contributed by atoms with Gasteiger partial charge < -0.3 is 15.3 Å². The Balaban J connectivity index is 2.07. The normalized spacial score (nSPS) is 17.3. The summed E-state index contributed by atoms with van der Waals surface area (Å²) in [6.45, 7) is 3.70. The fraction of sp³-hybridized carbons (Fsp3) is 0.565. The van der Waals surface area contributed by atoms with E-state index in [-0.39, 0.29) is 28.6 Å². The van der Waals surface area contributed by atoms with Gasteiger partial charge in [-0.05, 0) is 38.2 Å². The van der Waals surface area contributed by atoms with Gasteiger partial charge in [-0.25, -0.2) is 23.5 Å². The second kappa shape index (κ2) is 11.5. The number of carbonyl (C=O) groups excluding carboxylic acids is 1. The van der Waals surface area contributed by atoms with E-state index in [1.165, 1.54) is 6.92 Å². The minimum absolute atomic E-state index is 0.0771. The molecule has 0 aliphatic carbocycles. The van der Waals surface area contributed by atoms with Gasteiger partial charge in [0.2, 0.25) is 5.01 Å². The Morgan fingerprint density at radius 3 is 2.58 bits per heavy atom. The zero-order chi connectivity index (χ0) is 26.6. The van der Waals surface area contributed by atoms with Crippen molar-refractivity contribution in [1.29, 1.82) is 0 Å². The summed E-state index contributed by atoms with van der Waals surface area (Å²) in [4.78, 5) is 34.5. The lowest BCUT2D eigenvalue weighted by Crippen LogP contribution is -2.44. The molecule has 2 N–H and O–H groups in total. The van der Waals surface area contributed by atoms with Crippen LogP contribution in [-0.4, -0.2) is 56.7 Å². The maximum atomic E-state index is 14.1. The van der Waals surface area contributed by atoms with E-state index in [1.807, 2.05) is 6.92 Å². The first-order valence-corrected chi connectivity index (χ1v) is 12.5. The first-order valence-electron chi connectivity index (χ1n) is 11.6. The van der Waals surface area contributed by atoms with E-state index in [0.717, 1.165) is 44.4 Å². The van der Waals surface area contributed by atoms with Gasteiger partial charge in [-0.3, -0.25) is 4.79 Å². The van der Waals surface area contributed by atoms with E-state index in [9.17, 15) is 36.6 Å². The molecule has 1 unspecified atom stereocenters. The SMILES string of the molecule is CCC[C@H]1CCCCN1C(=O)c1nc(C(=O)O)sc1-c1cnc(NC(CC)C(F)(F)F)cc1C(F)F. The van der Waals surface area contributed by atoms with Gasteiger partial charge in [0.15, 0.2) is 0 Å². The maximum absolute atomic E-state index is 14.1. The van der Waals surface area contributed by atoms with Crippen molar-refractivity contribution in [1.82, 2.24) is 14.9 Å². The fourth-order valence-electron chi connectivity index (χ4n) is 4.29. The largest absolute Gasteiger partial charge is 0.476 e. The first kappa shape index (κ1) is 27.8. The summed E-state index contributed by atoms with van der Waals surface area (Å²) in [6.07, 6.45) is -3.14. The van der Waals surface area contributed by atoms with Crippen molar-refractivity contribution in [3.05, 3.63) is 28.5 Å². The summed E-state index contributed by atoms with van der Waals surface area (Å²) < 4.78 is 67.6. The fourth-order valence-corrected chi connectivity index (χ4v) is 5.22. The highest BCUT2D eigenvalue weighted by atomic mass is 32.1. The average molecular weight is 535 g/mol. The zero-order valence-electron chi connectivity index (χ0n) is 19.7. The van der Waals surface area contributed by atoms with Gasteiger partial charge in [0, 0.05) is 29.9 Å². The van der Waals surface area contributed by atoms with Gasteiger partial charge in [0.1, 0.15) is 17.6 Å². The summed E-state index contributed by atoms with van der Waals surface area (Å²) in [5.41, 5.74) is -1.19. The molecule has 0 spiro atoms. The standard InChI is InChI=1S/C23H27F5N4O3S/c1-3-7-12-8-5-6-9-32(12)21(33)17-18(36-20(31-17)22(34)35)14-11-29-16(10-13(14)19(24)25)30-15(4-2)23(26,27)28/h10-12,15,19H,3-9H2,1-2H3,(H,29,30)(H,34,35)/t12-,15?/m0/s1. The molecule has 3 rings (SSSR count). The van der Waals surface area contributed by atoms with E-state index in [0.29, 0.717) is 17.9 Å². The van der Waals surface area contributed by atoms with Gasteiger partial charge in [-0.2, -0.15) is 13.2 Å².